The number of carbonyl (C=O) groups is 1. The van der Waals surface area contributed by atoms with Gasteiger partial charge in [0, 0.05) is 38.8 Å². The summed E-state index contributed by atoms with van der Waals surface area (Å²) in [6, 6.07) is 5.81. The molecule has 0 saturated carbocycles. The Morgan fingerprint density at radius 2 is 1.82 bits per heavy atom. The van der Waals surface area contributed by atoms with Crippen molar-refractivity contribution in [1.82, 2.24) is 9.88 Å². The molecule has 0 aliphatic carbocycles. The molecule has 0 atom stereocenters. The highest BCUT2D eigenvalue weighted by Crippen LogP contribution is 1.96. The van der Waals surface area contributed by atoms with E-state index in [4.69, 9.17) is 0 Å². The van der Waals surface area contributed by atoms with E-state index in [1.165, 1.54) is 0 Å². The van der Waals surface area contributed by atoms with Crippen LogP contribution in [0.15, 0.2) is 24.4 Å². The summed E-state index contributed by atoms with van der Waals surface area (Å²) >= 11 is 0. The molecule has 17 heavy (non-hydrogen) atoms. The lowest BCUT2D eigenvalue weighted by molar-refractivity contribution is -0.127. The fourth-order valence-electron chi connectivity index (χ4n) is 0.986. The summed E-state index contributed by atoms with van der Waals surface area (Å²) in [5.41, 5.74) is 1.02. The van der Waals surface area contributed by atoms with E-state index in [1.54, 1.807) is 25.1 Å². The lowest BCUT2D eigenvalue weighted by atomic mass is 10.2. The van der Waals surface area contributed by atoms with Crippen LogP contribution < -0.4 is 0 Å². The highest BCUT2D eigenvalue weighted by molar-refractivity contribution is 5.72. The quantitative estimate of drug-likeness (QED) is 0.810. The Morgan fingerprint density at radius 3 is 2.24 bits per heavy atom. The number of carbonyl (C=O) groups excluding carboxylic acids is 1. The topological polar surface area (TPSA) is 33.2 Å². The molecule has 1 rings (SSSR count). The van der Waals surface area contributed by atoms with Gasteiger partial charge in [-0.3, -0.25) is 9.78 Å². The largest absolute Gasteiger partial charge is 0.346 e. The second-order valence-electron chi connectivity index (χ2n) is 3.01. The van der Waals surface area contributed by atoms with E-state index >= 15 is 0 Å². The summed E-state index contributed by atoms with van der Waals surface area (Å²) < 4.78 is 0. The van der Waals surface area contributed by atoms with E-state index in [9.17, 15) is 4.79 Å². The van der Waals surface area contributed by atoms with Crippen LogP contribution in [-0.2, 0) is 11.2 Å². The van der Waals surface area contributed by atoms with Crippen molar-refractivity contribution >= 4 is 5.91 Å². The molecule has 0 N–H and O–H groups in total. The maximum absolute atomic E-state index is 10.9. The maximum Gasteiger partial charge on any atom is 0.219 e. The van der Waals surface area contributed by atoms with Crippen molar-refractivity contribution in [3.63, 3.8) is 0 Å². The molecular weight excluding hydrogens is 212 g/mol. The average molecular weight is 238 g/mol. The van der Waals surface area contributed by atoms with E-state index in [1.807, 2.05) is 45.9 Å². The standard InChI is InChI=1S/C10H14N2O.2C2H6/c1-9(13)12(2)8-6-10-5-3-4-7-11-10;2*1-2/h3-5,7H,6,8H2,1-2H3;2*1-2H3. The zero-order valence-corrected chi connectivity index (χ0v) is 12.0. The summed E-state index contributed by atoms with van der Waals surface area (Å²) in [6.45, 7) is 10.3. The van der Waals surface area contributed by atoms with Gasteiger partial charge in [-0.25, -0.2) is 0 Å². The molecule has 1 heterocycles. The summed E-state index contributed by atoms with van der Waals surface area (Å²) in [5.74, 6) is 0.0935. The summed E-state index contributed by atoms with van der Waals surface area (Å²) in [6.07, 6.45) is 2.58. The Bertz CT molecular complexity index is 273. The predicted octanol–water partition coefficient (Wildman–Crippen LogP) is 3.15. The van der Waals surface area contributed by atoms with Gasteiger partial charge in [0.2, 0.25) is 5.91 Å². The maximum atomic E-state index is 10.9. The van der Waals surface area contributed by atoms with Gasteiger partial charge in [0.05, 0.1) is 0 Å². The van der Waals surface area contributed by atoms with Crippen molar-refractivity contribution in [2.24, 2.45) is 0 Å². The van der Waals surface area contributed by atoms with Gasteiger partial charge in [0.25, 0.3) is 0 Å². The first kappa shape index (κ1) is 18.0. The van der Waals surface area contributed by atoms with Crippen LogP contribution in [0.5, 0.6) is 0 Å². The Balaban J connectivity index is 0. The second-order valence-corrected chi connectivity index (χ2v) is 3.01. The molecule has 0 spiro atoms. The summed E-state index contributed by atoms with van der Waals surface area (Å²) in [7, 11) is 1.80. The van der Waals surface area contributed by atoms with Crippen LogP contribution >= 0.6 is 0 Å². The number of likely N-dealkylation sites (N-methyl/N-ethyl adjacent to an activating group) is 1. The highest BCUT2D eigenvalue weighted by Gasteiger charge is 2.01. The molecule has 1 aromatic rings. The second kappa shape index (κ2) is 12.7. The molecule has 0 radical (unpaired) electrons. The summed E-state index contributed by atoms with van der Waals surface area (Å²) in [4.78, 5) is 16.7. The van der Waals surface area contributed by atoms with Crippen molar-refractivity contribution in [1.29, 1.82) is 0 Å². The zero-order valence-electron chi connectivity index (χ0n) is 12.0. The van der Waals surface area contributed by atoms with Gasteiger partial charge in [0.15, 0.2) is 0 Å². The first-order valence-electron chi connectivity index (χ1n) is 6.32. The molecule has 0 unspecified atom stereocenters. The van der Waals surface area contributed by atoms with Gasteiger partial charge < -0.3 is 4.90 Å². The number of pyridine rings is 1. The molecule has 0 aromatic carbocycles. The molecule has 1 aromatic heterocycles. The van der Waals surface area contributed by atoms with Gasteiger partial charge in [-0.2, -0.15) is 0 Å². The van der Waals surface area contributed by atoms with Crippen LogP contribution in [0.4, 0.5) is 0 Å². The highest BCUT2D eigenvalue weighted by atomic mass is 16.2. The number of hydrogen-bond acceptors (Lipinski definition) is 2. The SMILES string of the molecule is CC.CC.CC(=O)N(C)CCc1ccccn1. The normalized spacial score (nSPS) is 8.12. The first-order chi connectivity index (χ1) is 8.20. The van der Waals surface area contributed by atoms with E-state index in [-0.39, 0.29) is 5.91 Å². The number of nitrogens with zero attached hydrogens (tertiary/aromatic N) is 2. The number of amides is 1. The number of aromatic nitrogens is 1. The first-order valence-corrected chi connectivity index (χ1v) is 6.32. The Morgan fingerprint density at radius 1 is 1.24 bits per heavy atom. The Labute approximate surface area is 106 Å². The third-order valence-electron chi connectivity index (χ3n) is 1.97. The molecule has 3 nitrogen and oxygen atoms in total. The number of rotatable bonds is 3. The third-order valence-corrected chi connectivity index (χ3v) is 1.97. The van der Waals surface area contributed by atoms with Crippen LogP contribution in [0.2, 0.25) is 0 Å². The van der Waals surface area contributed by atoms with Gasteiger partial charge in [0.1, 0.15) is 0 Å². The smallest absolute Gasteiger partial charge is 0.219 e. The minimum absolute atomic E-state index is 0.0935. The van der Waals surface area contributed by atoms with Crippen LogP contribution in [0, 0.1) is 0 Å². The van der Waals surface area contributed by atoms with Gasteiger partial charge in [-0.15, -0.1) is 0 Å². The van der Waals surface area contributed by atoms with Crippen molar-refractivity contribution in [2.45, 2.75) is 41.0 Å². The van der Waals surface area contributed by atoms with E-state index < -0.39 is 0 Å². The monoisotopic (exact) mass is 238 g/mol. The number of hydrogen-bond donors (Lipinski definition) is 0. The van der Waals surface area contributed by atoms with Crippen LogP contribution in [0.25, 0.3) is 0 Å². The van der Waals surface area contributed by atoms with Crippen molar-refractivity contribution < 1.29 is 4.79 Å². The fraction of sp³-hybridized carbons (Fsp3) is 0.571. The molecular formula is C14H26N2O. The van der Waals surface area contributed by atoms with Crippen LogP contribution in [0.3, 0.4) is 0 Å². The predicted molar refractivity (Wildman–Crippen MR) is 73.9 cm³/mol. The lowest BCUT2D eigenvalue weighted by Crippen LogP contribution is -2.26. The van der Waals surface area contributed by atoms with E-state index in [0.29, 0.717) is 0 Å². The Kier molecular flexibility index (Phi) is 13.4. The molecule has 0 saturated heterocycles. The fourth-order valence-corrected chi connectivity index (χ4v) is 0.986. The van der Waals surface area contributed by atoms with E-state index in [2.05, 4.69) is 4.98 Å². The van der Waals surface area contributed by atoms with Crippen LogP contribution in [0.1, 0.15) is 40.3 Å². The average Bonchev–Trinajstić information content (AvgIpc) is 2.41. The van der Waals surface area contributed by atoms with Gasteiger partial charge >= 0.3 is 0 Å². The third kappa shape index (κ3) is 9.54. The molecule has 0 aliphatic rings. The zero-order chi connectivity index (χ0) is 13.7. The van der Waals surface area contributed by atoms with Crippen molar-refractivity contribution in [3.8, 4) is 0 Å². The molecule has 0 fully saturated rings. The molecule has 0 bridgehead atoms. The van der Waals surface area contributed by atoms with E-state index in [0.717, 1.165) is 18.7 Å². The van der Waals surface area contributed by atoms with Gasteiger partial charge in [-0.1, -0.05) is 33.8 Å². The molecule has 0 aliphatic heterocycles. The molecule has 1 amide bonds. The van der Waals surface area contributed by atoms with Crippen molar-refractivity contribution in [2.75, 3.05) is 13.6 Å². The minimum Gasteiger partial charge on any atom is -0.346 e. The molecule has 3 heteroatoms. The minimum atomic E-state index is 0.0935. The lowest BCUT2D eigenvalue weighted by Gasteiger charge is -2.13. The van der Waals surface area contributed by atoms with Gasteiger partial charge in [-0.05, 0) is 12.1 Å². The Hall–Kier alpha value is -1.38. The molecule has 98 valence electrons. The van der Waals surface area contributed by atoms with Crippen molar-refractivity contribution in [3.05, 3.63) is 30.1 Å². The van der Waals surface area contributed by atoms with Crippen LogP contribution in [-0.4, -0.2) is 29.4 Å². The summed E-state index contributed by atoms with van der Waals surface area (Å²) in [5, 5.41) is 0.